The van der Waals surface area contributed by atoms with Gasteiger partial charge >= 0.3 is 0 Å². The molecule has 0 aromatic heterocycles. The van der Waals surface area contributed by atoms with Crippen molar-refractivity contribution in [3.8, 4) is 11.8 Å². The van der Waals surface area contributed by atoms with Crippen LogP contribution in [0.1, 0.15) is 6.92 Å². The topological polar surface area (TPSA) is 36.3 Å². The maximum atomic E-state index is 8.87. The SMILES string of the molecule is COc1c(Cl)cc(Cl)cc1N(C)C(C)C#N. The van der Waals surface area contributed by atoms with Gasteiger partial charge in [-0.3, -0.25) is 0 Å². The van der Waals surface area contributed by atoms with Gasteiger partial charge in [0.2, 0.25) is 0 Å². The summed E-state index contributed by atoms with van der Waals surface area (Å²) in [6.45, 7) is 1.79. The zero-order valence-corrected chi connectivity index (χ0v) is 10.8. The number of halogens is 2. The fraction of sp³-hybridized carbons (Fsp3) is 0.364. The van der Waals surface area contributed by atoms with E-state index in [9.17, 15) is 0 Å². The minimum atomic E-state index is -0.288. The summed E-state index contributed by atoms with van der Waals surface area (Å²) >= 11 is 11.9. The molecule has 0 aliphatic rings. The Bertz CT molecular complexity index is 429. The Morgan fingerprint density at radius 1 is 1.44 bits per heavy atom. The number of benzene rings is 1. The van der Waals surface area contributed by atoms with E-state index in [2.05, 4.69) is 6.07 Å². The molecule has 0 heterocycles. The standard InChI is InChI=1S/C11H12Cl2N2O/c1-7(6-14)15(2)10-5-8(12)4-9(13)11(10)16-3/h4-5,7H,1-3H3. The average molecular weight is 259 g/mol. The zero-order valence-electron chi connectivity index (χ0n) is 9.29. The Labute approximate surface area is 105 Å². The Balaban J connectivity index is 3.27. The van der Waals surface area contributed by atoms with Crippen LogP contribution in [0.4, 0.5) is 5.69 Å². The zero-order chi connectivity index (χ0) is 12.3. The van der Waals surface area contributed by atoms with Crippen LogP contribution in [0.3, 0.4) is 0 Å². The fourth-order valence-corrected chi connectivity index (χ4v) is 1.87. The van der Waals surface area contributed by atoms with Gasteiger partial charge in [0, 0.05) is 12.1 Å². The van der Waals surface area contributed by atoms with Crippen LogP contribution in [0.5, 0.6) is 5.75 Å². The number of hydrogen-bond donors (Lipinski definition) is 0. The van der Waals surface area contributed by atoms with Gasteiger partial charge in [-0.25, -0.2) is 0 Å². The van der Waals surface area contributed by atoms with E-state index in [4.69, 9.17) is 33.2 Å². The van der Waals surface area contributed by atoms with Crippen LogP contribution in [-0.4, -0.2) is 20.2 Å². The minimum absolute atomic E-state index is 0.288. The molecule has 0 aliphatic carbocycles. The van der Waals surface area contributed by atoms with Crippen LogP contribution in [0, 0.1) is 11.3 Å². The molecule has 0 radical (unpaired) electrons. The van der Waals surface area contributed by atoms with Crippen LogP contribution < -0.4 is 9.64 Å². The van der Waals surface area contributed by atoms with Gasteiger partial charge in [-0.2, -0.15) is 5.26 Å². The highest BCUT2D eigenvalue weighted by molar-refractivity contribution is 6.36. The first-order valence-electron chi connectivity index (χ1n) is 4.66. The van der Waals surface area contributed by atoms with Crippen molar-refractivity contribution >= 4 is 28.9 Å². The Hall–Kier alpha value is -1.11. The molecule has 0 saturated carbocycles. The molecule has 1 unspecified atom stereocenters. The number of nitrogens with zero attached hydrogens (tertiary/aromatic N) is 2. The molecule has 0 aliphatic heterocycles. The van der Waals surface area contributed by atoms with Crippen molar-refractivity contribution in [3.63, 3.8) is 0 Å². The first-order valence-corrected chi connectivity index (χ1v) is 5.42. The van der Waals surface area contributed by atoms with Gasteiger partial charge < -0.3 is 9.64 Å². The molecule has 3 nitrogen and oxygen atoms in total. The van der Waals surface area contributed by atoms with Crippen LogP contribution in [0.25, 0.3) is 0 Å². The van der Waals surface area contributed by atoms with Gasteiger partial charge in [-0.1, -0.05) is 23.2 Å². The third-order valence-corrected chi connectivity index (χ3v) is 2.84. The third kappa shape index (κ3) is 2.52. The summed E-state index contributed by atoms with van der Waals surface area (Å²) < 4.78 is 5.21. The first-order chi connectivity index (χ1) is 7.51. The van der Waals surface area contributed by atoms with Crippen molar-refractivity contribution in [1.82, 2.24) is 0 Å². The first kappa shape index (κ1) is 13.0. The predicted octanol–water partition coefficient (Wildman–Crippen LogP) is 3.35. The second kappa shape index (κ2) is 5.29. The van der Waals surface area contributed by atoms with E-state index in [1.165, 1.54) is 7.11 Å². The fourth-order valence-electron chi connectivity index (χ4n) is 1.31. The van der Waals surface area contributed by atoms with E-state index in [0.29, 0.717) is 21.5 Å². The third-order valence-electron chi connectivity index (χ3n) is 2.34. The molecule has 0 N–H and O–H groups in total. The summed E-state index contributed by atoms with van der Waals surface area (Å²) in [5.41, 5.74) is 0.703. The maximum Gasteiger partial charge on any atom is 0.160 e. The van der Waals surface area contributed by atoms with Crippen LogP contribution in [0.15, 0.2) is 12.1 Å². The number of rotatable bonds is 3. The lowest BCUT2D eigenvalue weighted by molar-refractivity contribution is 0.414. The maximum absolute atomic E-state index is 8.87. The van der Waals surface area contributed by atoms with Gasteiger partial charge in [0.1, 0.15) is 6.04 Å². The Morgan fingerprint density at radius 3 is 2.56 bits per heavy atom. The summed E-state index contributed by atoms with van der Waals surface area (Å²) in [6, 6.07) is 5.18. The van der Waals surface area contributed by atoms with Crippen molar-refractivity contribution in [2.45, 2.75) is 13.0 Å². The molecule has 1 rings (SSSR count). The van der Waals surface area contributed by atoms with E-state index in [0.717, 1.165) is 0 Å². The van der Waals surface area contributed by atoms with Crippen molar-refractivity contribution in [3.05, 3.63) is 22.2 Å². The number of nitriles is 1. The highest BCUT2D eigenvalue weighted by atomic mass is 35.5. The average Bonchev–Trinajstić information content (AvgIpc) is 2.26. The van der Waals surface area contributed by atoms with E-state index >= 15 is 0 Å². The van der Waals surface area contributed by atoms with Crippen LogP contribution >= 0.6 is 23.2 Å². The summed E-state index contributed by atoms with van der Waals surface area (Å²) in [5, 5.41) is 9.81. The van der Waals surface area contributed by atoms with E-state index in [1.54, 1.807) is 31.0 Å². The second-order valence-corrected chi connectivity index (χ2v) is 4.20. The normalized spacial score (nSPS) is 11.8. The second-order valence-electron chi connectivity index (χ2n) is 3.36. The molecule has 0 saturated heterocycles. The summed E-state index contributed by atoms with van der Waals surface area (Å²) in [5.74, 6) is 0.524. The molecule has 0 spiro atoms. The van der Waals surface area contributed by atoms with Crippen molar-refractivity contribution in [2.24, 2.45) is 0 Å². The predicted molar refractivity (Wildman–Crippen MR) is 66.5 cm³/mol. The number of methoxy groups -OCH3 is 1. The smallest absolute Gasteiger partial charge is 0.160 e. The highest BCUT2D eigenvalue weighted by Crippen LogP contribution is 2.38. The molecule has 1 atom stereocenters. The van der Waals surface area contributed by atoms with Gasteiger partial charge in [-0.15, -0.1) is 0 Å². The molecule has 1 aromatic carbocycles. The number of ether oxygens (including phenoxy) is 1. The summed E-state index contributed by atoms with van der Waals surface area (Å²) in [7, 11) is 3.32. The van der Waals surface area contributed by atoms with Crippen molar-refractivity contribution in [2.75, 3.05) is 19.1 Å². The molecular formula is C11H12Cl2N2O. The molecular weight excluding hydrogens is 247 g/mol. The molecule has 0 amide bonds. The summed E-state index contributed by atoms with van der Waals surface area (Å²) in [4.78, 5) is 1.76. The molecule has 5 heteroatoms. The molecule has 0 fully saturated rings. The van der Waals surface area contributed by atoms with Gasteiger partial charge in [0.05, 0.1) is 23.9 Å². The monoisotopic (exact) mass is 258 g/mol. The summed E-state index contributed by atoms with van der Waals surface area (Å²) in [6.07, 6.45) is 0. The minimum Gasteiger partial charge on any atom is -0.493 e. The largest absolute Gasteiger partial charge is 0.493 e. The van der Waals surface area contributed by atoms with Crippen LogP contribution in [-0.2, 0) is 0 Å². The Kier molecular flexibility index (Phi) is 4.28. The Morgan fingerprint density at radius 2 is 2.06 bits per heavy atom. The van der Waals surface area contributed by atoms with Gasteiger partial charge in [0.25, 0.3) is 0 Å². The number of anilines is 1. The van der Waals surface area contributed by atoms with E-state index in [-0.39, 0.29) is 6.04 Å². The quantitative estimate of drug-likeness (QED) is 0.835. The van der Waals surface area contributed by atoms with Crippen LogP contribution in [0.2, 0.25) is 10.0 Å². The lowest BCUT2D eigenvalue weighted by atomic mass is 10.2. The lowest BCUT2D eigenvalue weighted by Crippen LogP contribution is -2.27. The molecule has 0 bridgehead atoms. The highest BCUT2D eigenvalue weighted by Gasteiger charge is 2.17. The lowest BCUT2D eigenvalue weighted by Gasteiger charge is -2.24. The van der Waals surface area contributed by atoms with Gasteiger partial charge in [-0.05, 0) is 19.1 Å². The van der Waals surface area contributed by atoms with E-state index < -0.39 is 0 Å². The number of hydrogen-bond acceptors (Lipinski definition) is 3. The molecule has 16 heavy (non-hydrogen) atoms. The van der Waals surface area contributed by atoms with Crippen molar-refractivity contribution in [1.29, 1.82) is 5.26 Å². The van der Waals surface area contributed by atoms with Crippen molar-refractivity contribution < 1.29 is 4.74 Å². The van der Waals surface area contributed by atoms with E-state index in [1.807, 2.05) is 0 Å². The molecule has 86 valence electrons. The molecule has 1 aromatic rings. The van der Waals surface area contributed by atoms with Gasteiger partial charge in [0.15, 0.2) is 5.75 Å².